The van der Waals surface area contributed by atoms with E-state index in [0.29, 0.717) is 6.54 Å². The van der Waals surface area contributed by atoms with Gasteiger partial charge in [0.05, 0.1) is 17.0 Å². The quantitative estimate of drug-likeness (QED) is 0.923. The summed E-state index contributed by atoms with van der Waals surface area (Å²) in [7, 11) is 1.93. The topological polar surface area (TPSA) is 55.9 Å². The van der Waals surface area contributed by atoms with E-state index in [1.807, 2.05) is 31.6 Å². The third-order valence-electron chi connectivity index (χ3n) is 3.11. The molecular weight excluding hydrogens is 240 g/mol. The van der Waals surface area contributed by atoms with Crippen molar-refractivity contribution < 1.29 is 4.52 Å². The molecule has 0 saturated carbocycles. The average Bonchev–Trinajstić information content (AvgIpc) is 2.82. The molecule has 0 aromatic carbocycles. The number of hydrogen-bond donors (Lipinski definition) is 1. The van der Waals surface area contributed by atoms with Crippen LogP contribution in [0.25, 0.3) is 11.3 Å². The van der Waals surface area contributed by atoms with E-state index in [2.05, 4.69) is 36.3 Å². The first-order valence-corrected chi connectivity index (χ1v) is 6.49. The van der Waals surface area contributed by atoms with Crippen LogP contribution in [0.4, 0.5) is 0 Å². The van der Waals surface area contributed by atoms with Gasteiger partial charge in [0.25, 0.3) is 0 Å². The molecule has 2 aromatic heterocycles. The third-order valence-corrected chi connectivity index (χ3v) is 3.11. The van der Waals surface area contributed by atoms with E-state index in [0.717, 1.165) is 28.4 Å². The van der Waals surface area contributed by atoms with E-state index < -0.39 is 0 Å². The fourth-order valence-corrected chi connectivity index (χ4v) is 2.00. The molecule has 0 radical (unpaired) electrons. The zero-order valence-corrected chi connectivity index (χ0v) is 12.5. The van der Waals surface area contributed by atoms with E-state index in [9.17, 15) is 0 Å². The van der Waals surface area contributed by atoms with Crippen molar-refractivity contribution in [2.45, 2.75) is 46.7 Å². The molecule has 0 aliphatic rings. The second-order valence-corrected chi connectivity index (χ2v) is 5.96. The van der Waals surface area contributed by atoms with Gasteiger partial charge in [-0.1, -0.05) is 5.16 Å². The van der Waals surface area contributed by atoms with Crippen LogP contribution in [-0.2, 0) is 13.6 Å². The van der Waals surface area contributed by atoms with Gasteiger partial charge in [0, 0.05) is 30.9 Å². The summed E-state index contributed by atoms with van der Waals surface area (Å²) >= 11 is 0. The summed E-state index contributed by atoms with van der Waals surface area (Å²) in [6, 6.07) is 1.98. The summed E-state index contributed by atoms with van der Waals surface area (Å²) in [5, 5.41) is 11.9. The van der Waals surface area contributed by atoms with E-state index in [-0.39, 0.29) is 5.54 Å². The summed E-state index contributed by atoms with van der Waals surface area (Å²) in [6.45, 7) is 11.1. The Labute approximate surface area is 114 Å². The molecule has 0 spiro atoms. The van der Waals surface area contributed by atoms with E-state index >= 15 is 0 Å². The smallest absolute Gasteiger partial charge is 0.170 e. The first-order valence-electron chi connectivity index (χ1n) is 6.49. The van der Waals surface area contributed by atoms with Crippen molar-refractivity contribution in [3.8, 4) is 11.3 Å². The van der Waals surface area contributed by atoms with E-state index in [4.69, 9.17) is 4.52 Å². The van der Waals surface area contributed by atoms with Crippen LogP contribution in [-0.4, -0.2) is 20.5 Å². The van der Waals surface area contributed by atoms with Crippen molar-refractivity contribution in [1.29, 1.82) is 0 Å². The molecule has 104 valence electrons. The standard InChI is InChI=1S/C14H22N4O/c1-9-13(10(2)18(6)16-9)12-7-11(17-19-12)8-15-14(3,4)5/h7,15H,8H2,1-6H3. The number of rotatable bonds is 3. The average molecular weight is 262 g/mol. The van der Waals surface area contributed by atoms with Crippen LogP contribution in [0.1, 0.15) is 37.9 Å². The lowest BCUT2D eigenvalue weighted by Crippen LogP contribution is -2.35. The van der Waals surface area contributed by atoms with Gasteiger partial charge in [0.1, 0.15) is 0 Å². The first kappa shape index (κ1) is 13.8. The molecule has 0 amide bonds. The van der Waals surface area contributed by atoms with Gasteiger partial charge in [-0.25, -0.2) is 0 Å². The zero-order chi connectivity index (χ0) is 14.2. The third kappa shape index (κ3) is 3.04. The normalized spacial score (nSPS) is 12.1. The van der Waals surface area contributed by atoms with Gasteiger partial charge < -0.3 is 9.84 Å². The molecule has 2 aromatic rings. The van der Waals surface area contributed by atoms with Crippen LogP contribution >= 0.6 is 0 Å². The molecule has 0 aliphatic heterocycles. The number of hydrogen-bond acceptors (Lipinski definition) is 4. The summed E-state index contributed by atoms with van der Waals surface area (Å²) in [5.74, 6) is 0.786. The molecular formula is C14H22N4O. The Morgan fingerprint density at radius 2 is 2.00 bits per heavy atom. The monoisotopic (exact) mass is 262 g/mol. The Hall–Kier alpha value is -1.62. The second kappa shape index (κ2) is 4.81. The Morgan fingerprint density at radius 1 is 1.32 bits per heavy atom. The fourth-order valence-electron chi connectivity index (χ4n) is 2.00. The maximum absolute atomic E-state index is 5.45. The Bertz CT molecular complexity index is 575. The molecule has 1 N–H and O–H groups in total. The molecule has 0 aliphatic carbocycles. The lowest BCUT2D eigenvalue weighted by Gasteiger charge is -2.19. The molecule has 5 nitrogen and oxygen atoms in total. The highest BCUT2D eigenvalue weighted by Gasteiger charge is 2.17. The van der Waals surface area contributed by atoms with Crippen LogP contribution in [0, 0.1) is 13.8 Å². The molecule has 0 atom stereocenters. The number of nitrogens with one attached hydrogen (secondary N) is 1. The fraction of sp³-hybridized carbons (Fsp3) is 0.571. The van der Waals surface area contributed by atoms with Crippen molar-refractivity contribution in [1.82, 2.24) is 20.3 Å². The summed E-state index contributed by atoms with van der Waals surface area (Å²) < 4.78 is 7.31. The molecule has 0 bridgehead atoms. The van der Waals surface area contributed by atoms with Gasteiger partial charge in [-0.15, -0.1) is 0 Å². The van der Waals surface area contributed by atoms with E-state index in [1.165, 1.54) is 0 Å². The van der Waals surface area contributed by atoms with Gasteiger partial charge in [-0.3, -0.25) is 4.68 Å². The minimum atomic E-state index is 0.0687. The Kier molecular flexibility index (Phi) is 3.49. The molecule has 0 unspecified atom stereocenters. The van der Waals surface area contributed by atoms with Crippen molar-refractivity contribution in [3.05, 3.63) is 23.1 Å². The van der Waals surface area contributed by atoms with Gasteiger partial charge in [-0.05, 0) is 34.6 Å². The molecule has 0 saturated heterocycles. The van der Waals surface area contributed by atoms with Crippen LogP contribution in [0.15, 0.2) is 10.6 Å². The number of nitrogens with zero attached hydrogens (tertiary/aromatic N) is 3. The highest BCUT2D eigenvalue weighted by atomic mass is 16.5. The highest BCUT2D eigenvalue weighted by molar-refractivity contribution is 5.63. The van der Waals surface area contributed by atoms with Gasteiger partial charge >= 0.3 is 0 Å². The van der Waals surface area contributed by atoms with Crippen LogP contribution in [0.2, 0.25) is 0 Å². The summed E-state index contributed by atoms with van der Waals surface area (Å²) in [6.07, 6.45) is 0. The van der Waals surface area contributed by atoms with Gasteiger partial charge in [0.15, 0.2) is 5.76 Å². The van der Waals surface area contributed by atoms with Gasteiger partial charge in [0.2, 0.25) is 0 Å². The molecule has 0 fully saturated rings. The molecule has 19 heavy (non-hydrogen) atoms. The lowest BCUT2D eigenvalue weighted by molar-refractivity contribution is 0.392. The van der Waals surface area contributed by atoms with Crippen LogP contribution in [0.3, 0.4) is 0 Å². The summed E-state index contributed by atoms with van der Waals surface area (Å²) in [4.78, 5) is 0. The molecule has 5 heteroatoms. The minimum Gasteiger partial charge on any atom is -0.356 e. The van der Waals surface area contributed by atoms with Crippen LogP contribution < -0.4 is 5.32 Å². The highest BCUT2D eigenvalue weighted by Crippen LogP contribution is 2.27. The second-order valence-electron chi connectivity index (χ2n) is 5.96. The van der Waals surface area contributed by atoms with Crippen molar-refractivity contribution in [2.75, 3.05) is 0 Å². The molecule has 2 heterocycles. The molecule has 2 rings (SSSR count). The minimum absolute atomic E-state index is 0.0687. The van der Waals surface area contributed by atoms with Crippen LogP contribution in [0.5, 0.6) is 0 Å². The predicted molar refractivity (Wildman–Crippen MR) is 74.8 cm³/mol. The number of aromatic nitrogens is 3. The largest absolute Gasteiger partial charge is 0.356 e. The maximum Gasteiger partial charge on any atom is 0.170 e. The zero-order valence-electron chi connectivity index (χ0n) is 12.5. The van der Waals surface area contributed by atoms with Crippen molar-refractivity contribution in [3.63, 3.8) is 0 Å². The van der Waals surface area contributed by atoms with E-state index in [1.54, 1.807) is 0 Å². The Morgan fingerprint density at radius 3 is 2.53 bits per heavy atom. The van der Waals surface area contributed by atoms with Crippen molar-refractivity contribution >= 4 is 0 Å². The SMILES string of the molecule is Cc1nn(C)c(C)c1-c1cc(CNC(C)(C)C)no1. The predicted octanol–water partition coefficient (Wildman–Crippen LogP) is 2.58. The lowest BCUT2D eigenvalue weighted by atomic mass is 10.1. The summed E-state index contributed by atoms with van der Waals surface area (Å²) in [5.41, 5.74) is 4.07. The first-order chi connectivity index (χ1) is 8.78. The van der Waals surface area contributed by atoms with Crippen molar-refractivity contribution in [2.24, 2.45) is 7.05 Å². The maximum atomic E-state index is 5.45. The number of aryl methyl sites for hydroxylation is 2. The van der Waals surface area contributed by atoms with Gasteiger partial charge in [-0.2, -0.15) is 5.10 Å². The Balaban J connectivity index is 2.21.